The zero-order chi connectivity index (χ0) is 12.9. The summed E-state index contributed by atoms with van der Waals surface area (Å²) in [7, 11) is 1.92. The Morgan fingerprint density at radius 3 is 2.71 bits per heavy atom. The molecular formula is C12H23F3N2. The molecule has 102 valence electrons. The highest BCUT2D eigenvalue weighted by molar-refractivity contribution is 4.84. The second-order valence-electron chi connectivity index (χ2n) is 4.95. The van der Waals surface area contributed by atoms with Gasteiger partial charge in [0.1, 0.15) is 0 Å². The molecule has 0 aromatic heterocycles. The minimum atomic E-state index is -4.00. The Kier molecular flexibility index (Phi) is 5.73. The van der Waals surface area contributed by atoms with E-state index in [1.54, 1.807) is 0 Å². The van der Waals surface area contributed by atoms with Crippen molar-refractivity contribution in [1.82, 2.24) is 10.2 Å². The molecule has 1 fully saturated rings. The third kappa shape index (κ3) is 5.25. The summed E-state index contributed by atoms with van der Waals surface area (Å²) in [6.07, 6.45) is -1.45. The molecule has 1 saturated heterocycles. The quantitative estimate of drug-likeness (QED) is 0.782. The fraction of sp³-hybridized carbons (Fsp3) is 1.00. The summed E-state index contributed by atoms with van der Waals surface area (Å²) in [4.78, 5) is 2.35. The summed E-state index contributed by atoms with van der Waals surface area (Å²) in [6, 6.07) is 0.763. The molecule has 1 N–H and O–H groups in total. The molecule has 0 bridgehead atoms. The van der Waals surface area contributed by atoms with E-state index in [4.69, 9.17) is 0 Å². The molecule has 0 radical (unpaired) electrons. The standard InChI is InChI=1S/C12H23F3N2/c1-10(5-3-7-12(13,14)15)17-8-4-6-11(17)9-16-2/h10-11,16H,3-9H2,1-2H3. The number of nitrogens with zero attached hydrogens (tertiary/aromatic N) is 1. The van der Waals surface area contributed by atoms with Gasteiger partial charge in [0.05, 0.1) is 0 Å². The van der Waals surface area contributed by atoms with Crippen molar-refractivity contribution in [2.75, 3.05) is 20.1 Å². The van der Waals surface area contributed by atoms with Crippen LogP contribution < -0.4 is 5.32 Å². The van der Waals surface area contributed by atoms with Gasteiger partial charge in [-0.1, -0.05) is 0 Å². The van der Waals surface area contributed by atoms with Crippen LogP contribution in [0.3, 0.4) is 0 Å². The maximum Gasteiger partial charge on any atom is 0.389 e. The Morgan fingerprint density at radius 2 is 2.12 bits per heavy atom. The van der Waals surface area contributed by atoms with Crippen molar-refractivity contribution in [3.63, 3.8) is 0 Å². The van der Waals surface area contributed by atoms with Gasteiger partial charge in [-0.25, -0.2) is 0 Å². The van der Waals surface area contributed by atoms with E-state index < -0.39 is 12.6 Å². The average molecular weight is 252 g/mol. The van der Waals surface area contributed by atoms with Gasteiger partial charge in [-0.2, -0.15) is 13.2 Å². The molecule has 5 heteroatoms. The van der Waals surface area contributed by atoms with Crippen LogP contribution in [0.4, 0.5) is 13.2 Å². The second-order valence-corrected chi connectivity index (χ2v) is 4.95. The van der Waals surface area contributed by atoms with Crippen LogP contribution >= 0.6 is 0 Å². The summed E-state index contributed by atoms with van der Waals surface area (Å²) in [5.41, 5.74) is 0. The molecule has 0 amide bonds. The van der Waals surface area contributed by atoms with E-state index in [0.29, 0.717) is 12.5 Å². The predicted molar refractivity (Wildman–Crippen MR) is 63.0 cm³/mol. The topological polar surface area (TPSA) is 15.3 Å². The van der Waals surface area contributed by atoms with Gasteiger partial charge in [0.25, 0.3) is 0 Å². The Balaban J connectivity index is 2.29. The number of alkyl halides is 3. The SMILES string of the molecule is CNCC1CCCN1C(C)CCCC(F)(F)F. The highest BCUT2D eigenvalue weighted by atomic mass is 19.4. The molecule has 1 rings (SSSR count). The van der Waals surface area contributed by atoms with E-state index in [1.165, 1.54) is 0 Å². The van der Waals surface area contributed by atoms with Crippen molar-refractivity contribution in [3.8, 4) is 0 Å². The molecular weight excluding hydrogens is 229 g/mol. The number of likely N-dealkylation sites (tertiary alicyclic amines) is 1. The van der Waals surface area contributed by atoms with Crippen LogP contribution in [0.1, 0.15) is 39.0 Å². The van der Waals surface area contributed by atoms with Crippen molar-refractivity contribution >= 4 is 0 Å². The van der Waals surface area contributed by atoms with Crippen molar-refractivity contribution in [3.05, 3.63) is 0 Å². The molecule has 0 aromatic carbocycles. The van der Waals surface area contributed by atoms with E-state index in [0.717, 1.165) is 25.9 Å². The first-order chi connectivity index (χ1) is 7.94. The Hall–Kier alpha value is -0.290. The maximum absolute atomic E-state index is 12.1. The molecule has 2 atom stereocenters. The highest BCUT2D eigenvalue weighted by Gasteiger charge is 2.30. The third-order valence-electron chi connectivity index (χ3n) is 3.51. The molecule has 0 saturated carbocycles. The van der Waals surface area contributed by atoms with Crippen LogP contribution in [0.15, 0.2) is 0 Å². The van der Waals surface area contributed by atoms with Gasteiger partial charge in [-0.15, -0.1) is 0 Å². The van der Waals surface area contributed by atoms with Crippen LogP contribution in [0.5, 0.6) is 0 Å². The van der Waals surface area contributed by atoms with Crippen LogP contribution in [-0.4, -0.2) is 43.3 Å². The first-order valence-electron chi connectivity index (χ1n) is 6.41. The largest absolute Gasteiger partial charge is 0.389 e. The lowest BCUT2D eigenvalue weighted by Crippen LogP contribution is -2.42. The van der Waals surface area contributed by atoms with Crippen molar-refractivity contribution < 1.29 is 13.2 Å². The van der Waals surface area contributed by atoms with Gasteiger partial charge in [0.2, 0.25) is 0 Å². The monoisotopic (exact) mass is 252 g/mol. The lowest BCUT2D eigenvalue weighted by Gasteiger charge is -2.30. The average Bonchev–Trinajstić information content (AvgIpc) is 2.64. The van der Waals surface area contributed by atoms with Crippen LogP contribution in [0.2, 0.25) is 0 Å². The molecule has 1 heterocycles. The zero-order valence-corrected chi connectivity index (χ0v) is 10.7. The number of likely N-dealkylation sites (N-methyl/N-ethyl adjacent to an activating group) is 1. The van der Waals surface area contributed by atoms with Gasteiger partial charge in [-0.05, 0) is 46.2 Å². The highest BCUT2D eigenvalue weighted by Crippen LogP contribution is 2.26. The number of rotatable bonds is 6. The summed E-state index contributed by atoms with van der Waals surface area (Å²) in [5, 5.41) is 3.15. The molecule has 17 heavy (non-hydrogen) atoms. The van der Waals surface area contributed by atoms with Gasteiger partial charge >= 0.3 is 6.18 Å². The molecule has 2 nitrogen and oxygen atoms in total. The Morgan fingerprint density at radius 1 is 1.41 bits per heavy atom. The molecule has 0 aromatic rings. The minimum absolute atomic E-state index is 0.243. The molecule has 0 aliphatic carbocycles. The smallest absolute Gasteiger partial charge is 0.318 e. The summed E-state index contributed by atoms with van der Waals surface area (Å²) in [5.74, 6) is 0. The normalized spacial score (nSPS) is 24.2. The molecule has 2 unspecified atom stereocenters. The van der Waals surface area contributed by atoms with E-state index in [9.17, 15) is 13.2 Å². The fourth-order valence-electron chi connectivity index (χ4n) is 2.66. The number of nitrogens with one attached hydrogen (secondary N) is 1. The molecule has 1 aliphatic heterocycles. The minimum Gasteiger partial charge on any atom is -0.318 e. The third-order valence-corrected chi connectivity index (χ3v) is 3.51. The van der Waals surface area contributed by atoms with Gasteiger partial charge in [0.15, 0.2) is 0 Å². The summed E-state index contributed by atoms with van der Waals surface area (Å²) < 4.78 is 36.2. The van der Waals surface area contributed by atoms with E-state index in [-0.39, 0.29) is 12.5 Å². The first kappa shape index (κ1) is 14.8. The van der Waals surface area contributed by atoms with Crippen molar-refractivity contribution in [2.45, 2.75) is 57.3 Å². The van der Waals surface area contributed by atoms with Crippen molar-refractivity contribution in [1.29, 1.82) is 0 Å². The van der Waals surface area contributed by atoms with E-state index in [1.807, 2.05) is 14.0 Å². The van der Waals surface area contributed by atoms with Crippen LogP contribution in [-0.2, 0) is 0 Å². The Labute approximate surface area is 102 Å². The van der Waals surface area contributed by atoms with Crippen LogP contribution in [0, 0.1) is 0 Å². The van der Waals surface area contributed by atoms with E-state index in [2.05, 4.69) is 10.2 Å². The molecule has 0 spiro atoms. The summed E-state index contributed by atoms with van der Waals surface area (Å²) >= 11 is 0. The number of hydrogen-bond acceptors (Lipinski definition) is 2. The number of halogens is 3. The van der Waals surface area contributed by atoms with E-state index >= 15 is 0 Å². The molecule has 1 aliphatic rings. The maximum atomic E-state index is 12.1. The van der Waals surface area contributed by atoms with Crippen molar-refractivity contribution in [2.24, 2.45) is 0 Å². The van der Waals surface area contributed by atoms with Crippen LogP contribution in [0.25, 0.3) is 0 Å². The number of hydrogen-bond donors (Lipinski definition) is 1. The lowest BCUT2D eigenvalue weighted by molar-refractivity contribution is -0.136. The summed E-state index contributed by atoms with van der Waals surface area (Å²) in [6.45, 7) is 4.01. The Bertz CT molecular complexity index is 218. The lowest BCUT2D eigenvalue weighted by atomic mass is 10.1. The fourth-order valence-corrected chi connectivity index (χ4v) is 2.66. The van der Waals surface area contributed by atoms with Gasteiger partial charge < -0.3 is 5.32 Å². The first-order valence-corrected chi connectivity index (χ1v) is 6.41. The van der Waals surface area contributed by atoms with Gasteiger partial charge in [0, 0.05) is 25.0 Å². The van der Waals surface area contributed by atoms with Gasteiger partial charge in [-0.3, -0.25) is 4.90 Å². The zero-order valence-electron chi connectivity index (χ0n) is 10.7. The second kappa shape index (κ2) is 6.59. The predicted octanol–water partition coefficient (Wildman–Crippen LogP) is 2.79.